The molecule has 0 aliphatic carbocycles. The second kappa shape index (κ2) is 5.77. The van der Waals surface area contributed by atoms with Crippen LogP contribution in [0.1, 0.15) is 33.6 Å². The standard InChI is InChI=1S/C13H24N2O4/c1-5-13(10(16)17)6-7-15(8-13)11(18)14-12(2,3)9-19-4/h5-9H2,1-4H3,(H,14,18)(H,16,17). The molecule has 2 N–H and O–H groups in total. The number of carbonyl (C=O) groups excluding carboxylic acids is 1. The van der Waals surface area contributed by atoms with Crippen LogP contribution in [0.15, 0.2) is 0 Å². The Morgan fingerprint density at radius 1 is 1.47 bits per heavy atom. The third-order valence-electron chi connectivity index (χ3n) is 3.72. The highest BCUT2D eigenvalue weighted by Crippen LogP contribution is 2.34. The zero-order chi connectivity index (χ0) is 14.7. The zero-order valence-electron chi connectivity index (χ0n) is 12.2. The van der Waals surface area contributed by atoms with Crippen LogP contribution in [0.2, 0.25) is 0 Å². The molecule has 0 aromatic carbocycles. The van der Waals surface area contributed by atoms with Crippen LogP contribution in [0.4, 0.5) is 4.79 Å². The first-order chi connectivity index (χ1) is 8.76. The van der Waals surface area contributed by atoms with Crippen molar-refractivity contribution in [3.63, 3.8) is 0 Å². The fourth-order valence-corrected chi connectivity index (χ4v) is 2.43. The topological polar surface area (TPSA) is 78.9 Å². The summed E-state index contributed by atoms with van der Waals surface area (Å²) in [5.41, 5.74) is -1.25. The molecular weight excluding hydrogens is 248 g/mol. The molecule has 2 amide bonds. The van der Waals surface area contributed by atoms with E-state index in [0.717, 1.165) is 0 Å². The van der Waals surface area contributed by atoms with E-state index in [1.807, 2.05) is 20.8 Å². The van der Waals surface area contributed by atoms with Gasteiger partial charge in [0.2, 0.25) is 0 Å². The lowest BCUT2D eigenvalue weighted by Crippen LogP contribution is -2.52. The largest absolute Gasteiger partial charge is 0.481 e. The molecular formula is C13H24N2O4. The summed E-state index contributed by atoms with van der Waals surface area (Å²) < 4.78 is 5.04. The Morgan fingerprint density at radius 2 is 2.11 bits per heavy atom. The van der Waals surface area contributed by atoms with Crippen molar-refractivity contribution >= 4 is 12.0 Å². The number of carbonyl (C=O) groups is 2. The number of likely N-dealkylation sites (tertiary alicyclic amines) is 1. The van der Waals surface area contributed by atoms with Gasteiger partial charge in [0, 0.05) is 20.2 Å². The Hall–Kier alpha value is -1.30. The van der Waals surface area contributed by atoms with Crippen molar-refractivity contribution in [3.8, 4) is 0 Å². The highest BCUT2D eigenvalue weighted by molar-refractivity contribution is 5.80. The minimum absolute atomic E-state index is 0.223. The highest BCUT2D eigenvalue weighted by Gasteiger charge is 2.45. The third-order valence-corrected chi connectivity index (χ3v) is 3.72. The molecule has 6 nitrogen and oxygen atoms in total. The van der Waals surface area contributed by atoms with Crippen LogP contribution in [0, 0.1) is 5.41 Å². The van der Waals surface area contributed by atoms with Crippen LogP contribution in [0.25, 0.3) is 0 Å². The molecule has 1 rings (SSSR count). The smallest absolute Gasteiger partial charge is 0.317 e. The second-order valence-electron chi connectivity index (χ2n) is 5.86. The van der Waals surface area contributed by atoms with Crippen LogP contribution in [-0.4, -0.2) is 54.4 Å². The number of rotatable bonds is 5. The molecule has 110 valence electrons. The number of amides is 2. The molecule has 6 heteroatoms. The molecule has 1 atom stereocenters. The van der Waals surface area contributed by atoms with Gasteiger partial charge < -0.3 is 20.1 Å². The van der Waals surface area contributed by atoms with Crippen LogP contribution >= 0.6 is 0 Å². The number of hydrogen-bond donors (Lipinski definition) is 2. The predicted octanol–water partition coefficient (Wildman–Crippen LogP) is 1.31. The minimum atomic E-state index is -0.818. The second-order valence-corrected chi connectivity index (χ2v) is 5.86. The summed E-state index contributed by atoms with van der Waals surface area (Å²) >= 11 is 0. The third kappa shape index (κ3) is 3.59. The number of carboxylic acids is 1. The average Bonchev–Trinajstić information content (AvgIpc) is 2.73. The van der Waals surface area contributed by atoms with Crippen molar-refractivity contribution in [2.75, 3.05) is 26.8 Å². The van der Waals surface area contributed by atoms with Crippen LogP contribution in [0.5, 0.6) is 0 Å². The first kappa shape index (κ1) is 15.8. The Morgan fingerprint density at radius 3 is 2.53 bits per heavy atom. The van der Waals surface area contributed by atoms with Gasteiger partial charge in [-0.15, -0.1) is 0 Å². The maximum Gasteiger partial charge on any atom is 0.317 e. The van der Waals surface area contributed by atoms with Gasteiger partial charge in [-0.25, -0.2) is 4.79 Å². The number of nitrogens with zero attached hydrogens (tertiary/aromatic N) is 1. The summed E-state index contributed by atoms with van der Waals surface area (Å²) in [5.74, 6) is -0.818. The normalized spacial score (nSPS) is 23.5. The van der Waals surface area contributed by atoms with Gasteiger partial charge in [0.05, 0.1) is 17.6 Å². The highest BCUT2D eigenvalue weighted by atomic mass is 16.5. The molecule has 1 saturated heterocycles. The molecule has 0 aromatic rings. The van der Waals surface area contributed by atoms with Crippen molar-refractivity contribution in [1.29, 1.82) is 0 Å². The van der Waals surface area contributed by atoms with Gasteiger partial charge >= 0.3 is 12.0 Å². The summed E-state index contributed by atoms with van der Waals surface area (Å²) in [7, 11) is 1.58. The summed E-state index contributed by atoms with van der Waals surface area (Å²) in [4.78, 5) is 25.0. The van der Waals surface area contributed by atoms with Crippen molar-refractivity contribution < 1.29 is 19.4 Å². The number of carboxylic acid groups (broad SMARTS) is 1. The summed E-state index contributed by atoms with van der Waals surface area (Å²) in [6.45, 7) is 6.75. The van der Waals surface area contributed by atoms with E-state index in [2.05, 4.69) is 5.32 Å². The van der Waals surface area contributed by atoms with Gasteiger partial charge in [0.15, 0.2) is 0 Å². The Kier molecular flexibility index (Phi) is 4.79. The van der Waals surface area contributed by atoms with E-state index >= 15 is 0 Å². The summed E-state index contributed by atoms with van der Waals surface area (Å²) in [6, 6.07) is -0.223. The maximum absolute atomic E-state index is 12.1. The average molecular weight is 272 g/mol. The molecule has 0 radical (unpaired) electrons. The first-order valence-electron chi connectivity index (χ1n) is 6.56. The Balaban J connectivity index is 2.64. The number of hydrogen-bond acceptors (Lipinski definition) is 3. The summed E-state index contributed by atoms with van der Waals surface area (Å²) in [5, 5.41) is 12.2. The van der Waals surface area contributed by atoms with E-state index in [-0.39, 0.29) is 12.6 Å². The molecule has 1 heterocycles. The molecule has 0 aromatic heterocycles. The molecule has 0 saturated carbocycles. The van der Waals surface area contributed by atoms with E-state index in [0.29, 0.717) is 26.0 Å². The molecule has 0 spiro atoms. The van der Waals surface area contributed by atoms with Gasteiger partial charge in [-0.1, -0.05) is 6.92 Å². The lowest BCUT2D eigenvalue weighted by Gasteiger charge is -2.29. The van der Waals surface area contributed by atoms with Gasteiger partial charge in [-0.05, 0) is 26.7 Å². The quantitative estimate of drug-likeness (QED) is 0.791. The number of nitrogens with one attached hydrogen (secondary N) is 1. The number of ether oxygens (including phenoxy) is 1. The van der Waals surface area contributed by atoms with Gasteiger partial charge in [-0.3, -0.25) is 4.79 Å². The lowest BCUT2D eigenvalue weighted by atomic mass is 9.84. The SMILES string of the molecule is CCC1(C(=O)O)CCN(C(=O)NC(C)(C)COC)C1. The van der Waals surface area contributed by atoms with Gasteiger partial charge in [0.1, 0.15) is 0 Å². The zero-order valence-corrected chi connectivity index (χ0v) is 12.2. The number of methoxy groups -OCH3 is 1. The number of aliphatic carboxylic acids is 1. The van der Waals surface area contributed by atoms with Gasteiger partial charge in [-0.2, -0.15) is 0 Å². The lowest BCUT2D eigenvalue weighted by molar-refractivity contribution is -0.148. The molecule has 19 heavy (non-hydrogen) atoms. The Bertz CT molecular complexity index is 357. The van der Waals surface area contributed by atoms with Crippen molar-refractivity contribution in [2.24, 2.45) is 5.41 Å². The van der Waals surface area contributed by atoms with E-state index in [1.54, 1.807) is 12.0 Å². The van der Waals surface area contributed by atoms with E-state index in [9.17, 15) is 14.7 Å². The minimum Gasteiger partial charge on any atom is -0.481 e. The van der Waals surface area contributed by atoms with Crippen LogP contribution in [0.3, 0.4) is 0 Å². The van der Waals surface area contributed by atoms with Crippen molar-refractivity contribution in [1.82, 2.24) is 10.2 Å². The van der Waals surface area contributed by atoms with E-state index in [4.69, 9.17) is 4.74 Å². The molecule has 1 fully saturated rings. The fraction of sp³-hybridized carbons (Fsp3) is 0.846. The molecule has 0 bridgehead atoms. The Labute approximate surface area is 114 Å². The molecule has 1 unspecified atom stereocenters. The molecule has 1 aliphatic rings. The monoisotopic (exact) mass is 272 g/mol. The van der Waals surface area contributed by atoms with Crippen molar-refractivity contribution in [3.05, 3.63) is 0 Å². The predicted molar refractivity (Wildman–Crippen MR) is 71.0 cm³/mol. The summed E-state index contributed by atoms with van der Waals surface area (Å²) in [6.07, 6.45) is 1.05. The van der Waals surface area contributed by atoms with Crippen molar-refractivity contribution in [2.45, 2.75) is 39.2 Å². The molecule has 1 aliphatic heterocycles. The maximum atomic E-state index is 12.1. The first-order valence-corrected chi connectivity index (χ1v) is 6.56. The van der Waals surface area contributed by atoms with E-state index < -0.39 is 16.9 Å². The van der Waals surface area contributed by atoms with Crippen LogP contribution in [-0.2, 0) is 9.53 Å². The van der Waals surface area contributed by atoms with Gasteiger partial charge in [0.25, 0.3) is 0 Å². The fourth-order valence-electron chi connectivity index (χ4n) is 2.43. The van der Waals surface area contributed by atoms with Crippen LogP contribution < -0.4 is 5.32 Å². The number of urea groups is 1. The van der Waals surface area contributed by atoms with E-state index in [1.165, 1.54) is 0 Å².